The standard InChI is InChI=1S/C14H18N4O4/c1-3-17-9-5-6-10(15-11(19)7-8-12(20)21)16-13(9)18(4-2)14(17)22/h5-6H,3-4,7-8H2,1-2H3,(H,20,21)(H,15,16,19). The lowest BCUT2D eigenvalue weighted by atomic mass is 10.3. The van der Waals surface area contributed by atoms with Gasteiger partial charge in [0.2, 0.25) is 5.91 Å². The number of imidazole rings is 1. The van der Waals surface area contributed by atoms with Crippen LogP contribution in [0.5, 0.6) is 0 Å². The number of nitrogens with zero attached hydrogens (tertiary/aromatic N) is 3. The highest BCUT2D eigenvalue weighted by Crippen LogP contribution is 2.15. The minimum Gasteiger partial charge on any atom is -0.481 e. The summed E-state index contributed by atoms with van der Waals surface area (Å²) in [6.45, 7) is 4.74. The van der Waals surface area contributed by atoms with Crippen molar-refractivity contribution in [3.05, 3.63) is 22.6 Å². The number of aliphatic carboxylic acids is 1. The van der Waals surface area contributed by atoms with Crippen molar-refractivity contribution in [2.75, 3.05) is 5.32 Å². The first-order chi connectivity index (χ1) is 10.5. The van der Waals surface area contributed by atoms with Crippen LogP contribution in [-0.2, 0) is 22.7 Å². The maximum atomic E-state index is 12.2. The topological polar surface area (TPSA) is 106 Å². The van der Waals surface area contributed by atoms with Gasteiger partial charge in [-0.05, 0) is 26.0 Å². The van der Waals surface area contributed by atoms with Crippen LogP contribution in [-0.4, -0.2) is 31.1 Å². The van der Waals surface area contributed by atoms with E-state index in [0.717, 1.165) is 0 Å². The molecule has 0 fully saturated rings. The van der Waals surface area contributed by atoms with E-state index in [4.69, 9.17) is 5.11 Å². The minimum absolute atomic E-state index is 0.119. The molecule has 0 aliphatic rings. The molecular formula is C14H18N4O4. The van der Waals surface area contributed by atoms with E-state index >= 15 is 0 Å². The molecule has 0 bridgehead atoms. The smallest absolute Gasteiger partial charge is 0.330 e. The monoisotopic (exact) mass is 306 g/mol. The second-order valence-electron chi connectivity index (χ2n) is 4.75. The molecule has 0 saturated carbocycles. The maximum Gasteiger partial charge on any atom is 0.330 e. The van der Waals surface area contributed by atoms with Crippen molar-refractivity contribution in [1.29, 1.82) is 0 Å². The number of hydrogen-bond acceptors (Lipinski definition) is 4. The zero-order valence-corrected chi connectivity index (χ0v) is 12.5. The van der Waals surface area contributed by atoms with E-state index in [0.29, 0.717) is 30.1 Å². The molecule has 8 heteroatoms. The summed E-state index contributed by atoms with van der Waals surface area (Å²) >= 11 is 0. The third-order valence-electron chi connectivity index (χ3n) is 3.33. The summed E-state index contributed by atoms with van der Waals surface area (Å²) in [6.07, 6.45) is -0.356. The van der Waals surface area contributed by atoms with Gasteiger partial charge in [-0.1, -0.05) is 0 Å². The summed E-state index contributed by atoms with van der Waals surface area (Å²) in [6, 6.07) is 3.33. The predicted molar refractivity (Wildman–Crippen MR) is 80.8 cm³/mol. The molecular weight excluding hydrogens is 288 g/mol. The second-order valence-corrected chi connectivity index (χ2v) is 4.75. The van der Waals surface area contributed by atoms with Gasteiger partial charge < -0.3 is 10.4 Å². The van der Waals surface area contributed by atoms with Crippen LogP contribution in [0.3, 0.4) is 0 Å². The number of carbonyl (C=O) groups excluding carboxylic acids is 1. The molecule has 0 aromatic carbocycles. The summed E-state index contributed by atoms with van der Waals surface area (Å²) in [5, 5.41) is 11.1. The van der Waals surface area contributed by atoms with Crippen LogP contribution in [0.15, 0.2) is 16.9 Å². The van der Waals surface area contributed by atoms with Crippen LogP contribution in [0.25, 0.3) is 11.2 Å². The lowest BCUT2D eigenvalue weighted by molar-refractivity contribution is -0.138. The number of rotatable bonds is 6. The predicted octanol–water partition coefficient (Wildman–Crippen LogP) is 1.04. The molecule has 0 saturated heterocycles. The van der Waals surface area contributed by atoms with Crippen molar-refractivity contribution < 1.29 is 14.7 Å². The fourth-order valence-corrected chi connectivity index (χ4v) is 2.28. The van der Waals surface area contributed by atoms with E-state index in [-0.39, 0.29) is 18.5 Å². The average molecular weight is 306 g/mol. The van der Waals surface area contributed by atoms with Crippen molar-refractivity contribution in [2.24, 2.45) is 0 Å². The number of carboxylic acids is 1. The third-order valence-corrected chi connectivity index (χ3v) is 3.33. The molecule has 2 rings (SSSR count). The number of nitrogens with one attached hydrogen (secondary N) is 1. The molecule has 0 radical (unpaired) electrons. The summed E-state index contributed by atoms with van der Waals surface area (Å²) in [4.78, 5) is 38.6. The first-order valence-electron chi connectivity index (χ1n) is 7.09. The van der Waals surface area contributed by atoms with Gasteiger partial charge in [0.15, 0.2) is 5.65 Å². The number of fused-ring (bicyclic) bond motifs is 1. The Morgan fingerprint density at radius 3 is 2.45 bits per heavy atom. The lowest BCUT2D eigenvalue weighted by Gasteiger charge is -2.04. The van der Waals surface area contributed by atoms with E-state index in [2.05, 4.69) is 10.3 Å². The summed E-state index contributed by atoms with van der Waals surface area (Å²) in [5.74, 6) is -1.15. The van der Waals surface area contributed by atoms with Crippen molar-refractivity contribution >= 4 is 28.9 Å². The number of carbonyl (C=O) groups is 2. The Kier molecular flexibility index (Phi) is 4.59. The van der Waals surface area contributed by atoms with Crippen LogP contribution in [0.2, 0.25) is 0 Å². The Morgan fingerprint density at radius 2 is 1.86 bits per heavy atom. The number of aromatic nitrogens is 3. The van der Waals surface area contributed by atoms with Gasteiger partial charge in [0, 0.05) is 19.5 Å². The first kappa shape index (κ1) is 15.7. The van der Waals surface area contributed by atoms with Crippen LogP contribution in [0, 0.1) is 0 Å². The van der Waals surface area contributed by atoms with Crippen LogP contribution < -0.4 is 11.0 Å². The number of anilines is 1. The Hall–Kier alpha value is -2.64. The van der Waals surface area contributed by atoms with Gasteiger partial charge in [-0.15, -0.1) is 0 Å². The van der Waals surface area contributed by atoms with Gasteiger partial charge in [-0.25, -0.2) is 9.78 Å². The molecule has 0 atom stereocenters. The molecule has 2 aromatic heterocycles. The zero-order valence-electron chi connectivity index (χ0n) is 12.5. The molecule has 2 aromatic rings. The van der Waals surface area contributed by atoms with Gasteiger partial charge in [0.05, 0.1) is 11.9 Å². The van der Waals surface area contributed by atoms with Crippen LogP contribution in [0.4, 0.5) is 5.82 Å². The Morgan fingerprint density at radius 1 is 1.18 bits per heavy atom. The zero-order chi connectivity index (χ0) is 16.3. The Labute approximate surface area is 126 Å². The van der Waals surface area contributed by atoms with Gasteiger partial charge in [-0.3, -0.25) is 18.7 Å². The average Bonchev–Trinajstić information content (AvgIpc) is 2.75. The summed E-state index contributed by atoms with van der Waals surface area (Å²) in [5.41, 5.74) is 1.07. The number of amides is 1. The Bertz CT molecular complexity index is 775. The molecule has 0 aliphatic heterocycles. The molecule has 2 N–H and O–H groups in total. The van der Waals surface area contributed by atoms with E-state index in [9.17, 15) is 14.4 Å². The number of aryl methyl sites for hydroxylation is 2. The molecule has 2 heterocycles. The van der Waals surface area contributed by atoms with Crippen LogP contribution >= 0.6 is 0 Å². The van der Waals surface area contributed by atoms with E-state index in [1.807, 2.05) is 13.8 Å². The molecule has 0 unspecified atom stereocenters. The van der Waals surface area contributed by atoms with Crippen molar-refractivity contribution in [2.45, 2.75) is 39.8 Å². The highest BCUT2D eigenvalue weighted by atomic mass is 16.4. The van der Waals surface area contributed by atoms with E-state index < -0.39 is 11.9 Å². The molecule has 22 heavy (non-hydrogen) atoms. The lowest BCUT2D eigenvalue weighted by Crippen LogP contribution is -2.23. The minimum atomic E-state index is -1.03. The van der Waals surface area contributed by atoms with Gasteiger partial charge in [0.25, 0.3) is 0 Å². The maximum absolute atomic E-state index is 12.2. The van der Waals surface area contributed by atoms with Crippen LogP contribution in [0.1, 0.15) is 26.7 Å². The van der Waals surface area contributed by atoms with E-state index in [1.165, 1.54) is 4.57 Å². The molecule has 8 nitrogen and oxygen atoms in total. The third kappa shape index (κ3) is 3.00. The molecule has 118 valence electrons. The highest BCUT2D eigenvalue weighted by molar-refractivity contribution is 5.92. The van der Waals surface area contributed by atoms with Gasteiger partial charge >= 0.3 is 11.7 Å². The molecule has 0 spiro atoms. The van der Waals surface area contributed by atoms with Gasteiger partial charge in [-0.2, -0.15) is 0 Å². The van der Waals surface area contributed by atoms with Crippen molar-refractivity contribution in [3.63, 3.8) is 0 Å². The first-order valence-corrected chi connectivity index (χ1v) is 7.09. The Balaban J connectivity index is 2.32. The fraction of sp³-hybridized carbons (Fsp3) is 0.429. The largest absolute Gasteiger partial charge is 0.481 e. The quantitative estimate of drug-likeness (QED) is 0.829. The number of pyridine rings is 1. The van der Waals surface area contributed by atoms with Crippen molar-refractivity contribution in [3.8, 4) is 0 Å². The number of carboxylic acid groups (broad SMARTS) is 1. The fourth-order valence-electron chi connectivity index (χ4n) is 2.28. The molecule has 1 amide bonds. The normalized spacial score (nSPS) is 10.8. The van der Waals surface area contributed by atoms with Crippen molar-refractivity contribution in [1.82, 2.24) is 14.1 Å². The summed E-state index contributed by atoms with van der Waals surface area (Å²) in [7, 11) is 0. The number of hydrogen-bond donors (Lipinski definition) is 2. The summed E-state index contributed by atoms with van der Waals surface area (Å²) < 4.78 is 3.15. The van der Waals surface area contributed by atoms with Gasteiger partial charge in [0.1, 0.15) is 5.82 Å². The van der Waals surface area contributed by atoms with E-state index in [1.54, 1.807) is 16.7 Å². The second kappa shape index (κ2) is 6.42. The highest BCUT2D eigenvalue weighted by Gasteiger charge is 2.14. The molecule has 0 aliphatic carbocycles. The SMILES string of the molecule is CCn1c(=O)n(CC)c2nc(NC(=O)CCC(=O)O)ccc21.